The lowest BCUT2D eigenvalue weighted by atomic mass is 10.3. The molecule has 0 aromatic heterocycles. The summed E-state index contributed by atoms with van der Waals surface area (Å²) < 4.78 is 61.9. The maximum absolute atomic E-state index is 11.7. The van der Waals surface area contributed by atoms with Crippen LogP contribution in [0.4, 0.5) is 18.9 Å². The fourth-order valence-corrected chi connectivity index (χ4v) is 2.84. The third kappa shape index (κ3) is 4.35. The smallest absolute Gasteiger partial charge is 0.399 e. The average molecular weight is 304 g/mol. The molecular weight excluding hydrogens is 295 g/mol. The quantitative estimate of drug-likeness (QED) is 0.866. The highest BCUT2D eigenvalue weighted by atomic mass is 35.5. The number of anilines is 1. The van der Waals surface area contributed by atoms with Crippen LogP contribution in [0.5, 0.6) is 0 Å². The van der Waals surface area contributed by atoms with Crippen molar-refractivity contribution in [1.29, 1.82) is 0 Å². The van der Waals surface area contributed by atoms with Gasteiger partial charge in [0.2, 0.25) is 0 Å². The van der Waals surface area contributed by atoms with Gasteiger partial charge in [0.15, 0.2) is 9.84 Å². The molecule has 2 N–H and O–H groups in total. The lowest BCUT2D eigenvalue weighted by Crippen LogP contribution is -2.20. The Hall–Kier alpha value is -0.990. The van der Waals surface area contributed by atoms with Crippen molar-refractivity contribution in [1.82, 2.24) is 0 Å². The van der Waals surface area contributed by atoms with E-state index in [1.807, 2.05) is 0 Å². The molecule has 0 aliphatic carbocycles. The molecule has 0 saturated heterocycles. The lowest BCUT2D eigenvalue weighted by Gasteiger charge is -2.09. The second-order valence-corrected chi connectivity index (χ2v) is 5.79. The molecule has 0 fully saturated rings. The number of ether oxygens (including phenoxy) is 1. The van der Waals surface area contributed by atoms with Crippen LogP contribution in [0.3, 0.4) is 0 Å². The normalized spacial score (nSPS) is 12.7. The van der Waals surface area contributed by atoms with Crippen molar-refractivity contribution < 1.29 is 26.3 Å². The summed E-state index contributed by atoms with van der Waals surface area (Å²) in [7, 11) is -3.94. The van der Waals surface area contributed by atoms with Gasteiger partial charge in [-0.1, -0.05) is 11.6 Å². The Morgan fingerprint density at radius 3 is 2.44 bits per heavy atom. The molecule has 18 heavy (non-hydrogen) atoms. The number of halogens is 4. The SMILES string of the molecule is Nc1ccc(S(=O)(=O)CCOC(F)(F)F)c(Cl)c1. The molecule has 0 spiro atoms. The van der Waals surface area contributed by atoms with E-state index in [2.05, 4.69) is 4.74 Å². The molecule has 0 amide bonds. The van der Waals surface area contributed by atoms with Crippen molar-refractivity contribution in [2.45, 2.75) is 11.3 Å². The predicted octanol–water partition coefficient (Wildman–Crippen LogP) is 2.23. The number of hydrogen-bond donors (Lipinski definition) is 1. The molecule has 0 saturated carbocycles. The van der Waals surface area contributed by atoms with Gasteiger partial charge in [0.1, 0.15) is 0 Å². The minimum absolute atomic E-state index is 0.137. The largest absolute Gasteiger partial charge is 0.522 e. The number of rotatable bonds is 4. The van der Waals surface area contributed by atoms with Crippen LogP contribution in [0.2, 0.25) is 5.02 Å². The van der Waals surface area contributed by atoms with Crippen LogP contribution in [-0.4, -0.2) is 27.1 Å². The van der Waals surface area contributed by atoms with Gasteiger partial charge < -0.3 is 5.73 Å². The van der Waals surface area contributed by atoms with Gasteiger partial charge in [0.25, 0.3) is 0 Å². The molecule has 0 radical (unpaired) electrons. The van der Waals surface area contributed by atoms with E-state index >= 15 is 0 Å². The Balaban J connectivity index is 2.81. The molecule has 1 aromatic carbocycles. The Labute approximate surface area is 106 Å². The summed E-state index contributed by atoms with van der Waals surface area (Å²) in [4.78, 5) is -0.274. The number of alkyl halides is 3. The fourth-order valence-electron chi connectivity index (χ4n) is 1.15. The van der Waals surface area contributed by atoms with Gasteiger partial charge in [-0.2, -0.15) is 0 Å². The van der Waals surface area contributed by atoms with Gasteiger partial charge in [-0.15, -0.1) is 13.2 Å². The molecule has 1 rings (SSSR count). The lowest BCUT2D eigenvalue weighted by molar-refractivity contribution is -0.322. The van der Waals surface area contributed by atoms with Gasteiger partial charge in [-0.3, -0.25) is 4.74 Å². The van der Waals surface area contributed by atoms with Gasteiger partial charge in [-0.25, -0.2) is 8.42 Å². The molecule has 0 unspecified atom stereocenters. The molecule has 102 valence electrons. The fraction of sp³-hybridized carbons (Fsp3) is 0.333. The molecule has 0 heterocycles. The zero-order valence-corrected chi connectivity index (χ0v) is 10.4. The van der Waals surface area contributed by atoms with Crippen molar-refractivity contribution in [3.8, 4) is 0 Å². The van der Waals surface area contributed by atoms with Crippen LogP contribution < -0.4 is 5.73 Å². The molecule has 0 atom stereocenters. The Kier molecular flexibility index (Phi) is 4.46. The summed E-state index contributed by atoms with van der Waals surface area (Å²) in [6.45, 7) is -0.994. The van der Waals surface area contributed by atoms with E-state index in [1.54, 1.807) is 0 Å². The van der Waals surface area contributed by atoms with Gasteiger partial charge in [0, 0.05) is 5.69 Å². The molecule has 0 aliphatic rings. The van der Waals surface area contributed by atoms with Gasteiger partial charge in [-0.05, 0) is 18.2 Å². The van der Waals surface area contributed by atoms with E-state index in [0.29, 0.717) is 0 Å². The Morgan fingerprint density at radius 1 is 1.33 bits per heavy atom. The van der Waals surface area contributed by atoms with Crippen molar-refractivity contribution in [2.75, 3.05) is 18.1 Å². The average Bonchev–Trinajstić information content (AvgIpc) is 2.13. The van der Waals surface area contributed by atoms with Crippen LogP contribution in [0.25, 0.3) is 0 Å². The standard InChI is InChI=1S/C9H9ClF3NO3S/c10-7-5-6(14)1-2-8(7)18(15,16)4-3-17-9(11,12)13/h1-2,5H,3-4,14H2. The number of benzene rings is 1. The van der Waals surface area contributed by atoms with Crippen LogP contribution in [0.15, 0.2) is 23.1 Å². The number of nitrogens with two attached hydrogens (primary N) is 1. The van der Waals surface area contributed by atoms with Crippen molar-refractivity contribution in [3.63, 3.8) is 0 Å². The zero-order valence-electron chi connectivity index (χ0n) is 8.87. The molecule has 0 bridgehead atoms. The molecular formula is C9H9ClF3NO3S. The van der Waals surface area contributed by atoms with E-state index in [0.717, 1.165) is 6.07 Å². The Bertz CT molecular complexity index is 530. The maximum Gasteiger partial charge on any atom is 0.522 e. The minimum Gasteiger partial charge on any atom is -0.399 e. The first-order valence-electron chi connectivity index (χ1n) is 4.60. The van der Waals surface area contributed by atoms with Crippen LogP contribution in [-0.2, 0) is 14.6 Å². The minimum atomic E-state index is -4.86. The van der Waals surface area contributed by atoms with E-state index in [-0.39, 0.29) is 15.6 Å². The predicted molar refractivity (Wildman–Crippen MR) is 59.9 cm³/mol. The van der Waals surface area contributed by atoms with Crippen molar-refractivity contribution in [3.05, 3.63) is 23.2 Å². The Morgan fingerprint density at radius 2 is 1.94 bits per heavy atom. The highest BCUT2D eigenvalue weighted by molar-refractivity contribution is 7.91. The summed E-state index contributed by atoms with van der Waals surface area (Å²) in [5.41, 5.74) is 5.63. The first-order valence-corrected chi connectivity index (χ1v) is 6.63. The summed E-state index contributed by atoms with van der Waals surface area (Å²) in [5, 5.41) is -0.137. The highest BCUT2D eigenvalue weighted by Crippen LogP contribution is 2.25. The maximum atomic E-state index is 11.7. The van der Waals surface area contributed by atoms with Crippen molar-refractivity contribution >= 4 is 27.1 Å². The molecule has 4 nitrogen and oxygen atoms in total. The van der Waals surface area contributed by atoms with Gasteiger partial charge in [0.05, 0.1) is 22.3 Å². The number of nitrogen functional groups attached to an aromatic ring is 1. The van der Waals surface area contributed by atoms with E-state index in [1.165, 1.54) is 12.1 Å². The highest BCUT2D eigenvalue weighted by Gasteiger charge is 2.30. The monoisotopic (exact) mass is 303 g/mol. The van der Waals surface area contributed by atoms with E-state index in [4.69, 9.17) is 17.3 Å². The van der Waals surface area contributed by atoms with Crippen LogP contribution in [0.1, 0.15) is 0 Å². The molecule has 9 heteroatoms. The first-order chi connectivity index (χ1) is 8.12. The summed E-state index contributed by atoms with van der Waals surface area (Å²) in [6, 6.07) is 3.64. The number of hydrogen-bond acceptors (Lipinski definition) is 4. The van der Waals surface area contributed by atoms with Crippen LogP contribution >= 0.6 is 11.6 Å². The van der Waals surface area contributed by atoms with E-state index < -0.39 is 28.6 Å². The molecule has 0 aliphatic heterocycles. The third-order valence-corrected chi connectivity index (χ3v) is 4.06. The first kappa shape index (κ1) is 15.1. The van der Waals surface area contributed by atoms with Crippen molar-refractivity contribution in [2.24, 2.45) is 0 Å². The zero-order chi connectivity index (χ0) is 14.0. The molecule has 1 aromatic rings. The van der Waals surface area contributed by atoms with Gasteiger partial charge >= 0.3 is 6.36 Å². The third-order valence-electron chi connectivity index (χ3n) is 1.91. The summed E-state index contributed by atoms with van der Waals surface area (Å²) in [5.74, 6) is -0.823. The van der Waals surface area contributed by atoms with Crippen LogP contribution in [0, 0.1) is 0 Å². The number of sulfone groups is 1. The summed E-state index contributed by atoms with van der Waals surface area (Å²) >= 11 is 5.66. The second kappa shape index (κ2) is 5.33. The summed E-state index contributed by atoms with van der Waals surface area (Å²) in [6.07, 6.45) is -4.86. The van der Waals surface area contributed by atoms with E-state index in [9.17, 15) is 21.6 Å². The second-order valence-electron chi connectivity index (χ2n) is 3.30. The topological polar surface area (TPSA) is 69.4 Å².